The highest BCUT2D eigenvalue weighted by Crippen LogP contribution is 2.32. The van der Waals surface area contributed by atoms with Crippen LogP contribution in [-0.2, 0) is 6.42 Å². The van der Waals surface area contributed by atoms with Gasteiger partial charge in [-0.3, -0.25) is 0 Å². The molecule has 1 unspecified atom stereocenters. The number of hydrogen-bond acceptors (Lipinski definition) is 4. The molecular weight excluding hydrogens is 218 g/mol. The quantitative estimate of drug-likeness (QED) is 0.753. The summed E-state index contributed by atoms with van der Waals surface area (Å²) in [5.74, 6) is 1.47. The van der Waals surface area contributed by atoms with Crippen molar-refractivity contribution in [1.29, 1.82) is 0 Å². The lowest BCUT2D eigenvalue weighted by Gasteiger charge is -2.16. The largest absolute Gasteiger partial charge is 0.490 e. The van der Waals surface area contributed by atoms with Gasteiger partial charge in [0.25, 0.3) is 0 Å². The molecule has 1 aromatic rings. The van der Waals surface area contributed by atoms with Crippen LogP contribution >= 0.6 is 0 Å². The molecule has 4 nitrogen and oxygen atoms in total. The van der Waals surface area contributed by atoms with Crippen molar-refractivity contribution in [3.05, 3.63) is 23.8 Å². The van der Waals surface area contributed by atoms with Crippen molar-refractivity contribution in [2.75, 3.05) is 19.8 Å². The average molecular weight is 239 g/mol. The molecule has 1 atom stereocenters. The number of aliphatic hydroxyl groups is 1. The minimum Gasteiger partial charge on any atom is -0.490 e. The van der Waals surface area contributed by atoms with E-state index >= 15 is 0 Å². The summed E-state index contributed by atoms with van der Waals surface area (Å²) in [6.07, 6.45) is 0.576. The smallest absolute Gasteiger partial charge is 0.164 e. The van der Waals surface area contributed by atoms with Crippen LogP contribution in [-0.4, -0.2) is 31.0 Å². The average Bonchev–Trinajstić information content (AvgIpc) is 2.33. The van der Waals surface area contributed by atoms with Gasteiger partial charge in [-0.1, -0.05) is 12.1 Å². The number of ether oxygens (including phenoxy) is 2. The highest BCUT2D eigenvalue weighted by Gasteiger charge is 2.13. The van der Waals surface area contributed by atoms with Gasteiger partial charge < -0.3 is 20.3 Å². The Labute approximate surface area is 102 Å². The number of aliphatic hydroxyl groups excluding tert-OH is 1. The Kier molecular flexibility index (Phi) is 5.80. The molecule has 3 N–H and O–H groups in total. The Morgan fingerprint density at radius 2 is 1.94 bits per heavy atom. The number of benzene rings is 1. The molecule has 0 fully saturated rings. The van der Waals surface area contributed by atoms with E-state index in [2.05, 4.69) is 0 Å². The van der Waals surface area contributed by atoms with Gasteiger partial charge in [0.1, 0.15) is 0 Å². The topological polar surface area (TPSA) is 64.7 Å². The van der Waals surface area contributed by atoms with E-state index in [1.165, 1.54) is 0 Å². The molecule has 0 heterocycles. The zero-order chi connectivity index (χ0) is 12.7. The zero-order valence-electron chi connectivity index (χ0n) is 10.5. The molecule has 0 bridgehead atoms. The van der Waals surface area contributed by atoms with E-state index in [-0.39, 0.29) is 12.6 Å². The lowest BCUT2D eigenvalue weighted by Crippen LogP contribution is -2.27. The van der Waals surface area contributed by atoms with E-state index in [1.54, 1.807) is 0 Å². The van der Waals surface area contributed by atoms with Gasteiger partial charge >= 0.3 is 0 Å². The second kappa shape index (κ2) is 7.14. The van der Waals surface area contributed by atoms with Crippen molar-refractivity contribution < 1.29 is 14.6 Å². The first-order valence-electron chi connectivity index (χ1n) is 5.96. The standard InChI is InChI=1S/C13H21NO3/c1-3-16-12-7-5-6-10(8-11(14)9-15)13(12)17-4-2/h5-7,11,15H,3-4,8-9,14H2,1-2H3. The molecule has 96 valence electrons. The number of rotatable bonds is 7. The fourth-order valence-corrected chi connectivity index (χ4v) is 1.65. The van der Waals surface area contributed by atoms with Crippen LogP contribution in [0.25, 0.3) is 0 Å². The van der Waals surface area contributed by atoms with Gasteiger partial charge in [0.05, 0.1) is 19.8 Å². The molecule has 4 heteroatoms. The van der Waals surface area contributed by atoms with Crippen LogP contribution in [0.1, 0.15) is 19.4 Å². The van der Waals surface area contributed by atoms with Crippen molar-refractivity contribution in [1.82, 2.24) is 0 Å². The Morgan fingerprint density at radius 3 is 2.53 bits per heavy atom. The third kappa shape index (κ3) is 3.91. The van der Waals surface area contributed by atoms with Crippen molar-refractivity contribution in [2.24, 2.45) is 5.73 Å². The van der Waals surface area contributed by atoms with E-state index in [4.69, 9.17) is 20.3 Å². The lowest BCUT2D eigenvalue weighted by atomic mass is 10.1. The first kappa shape index (κ1) is 13.8. The van der Waals surface area contributed by atoms with Gasteiger partial charge in [-0.15, -0.1) is 0 Å². The Hall–Kier alpha value is -1.26. The molecule has 0 spiro atoms. The van der Waals surface area contributed by atoms with E-state index < -0.39 is 0 Å². The van der Waals surface area contributed by atoms with Gasteiger partial charge in [0, 0.05) is 6.04 Å². The summed E-state index contributed by atoms with van der Waals surface area (Å²) < 4.78 is 11.1. The van der Waals surface area contributed by atoms with Crippen molar-refractivity contribution in [3.63, 3.8) is 0 Å². The maximum atomic E-state index is 8.99. The first-order valence-corrected chi connectivity index (χ1v) is 5.96. The van der Waals surface area contributed by atoms with Crippen molar-refractivity contribution >= 4 is 0 Å². The van der Waals surface area contributed by atoms with E-state index in [0.717, 1.165) is 17.1 Å². The molecule has 0 aromatic heterocycles. The molecule has 1 aromatic carbocycles. The fourth-order valence-electron chi connectivity index (χ4n) is 1.65. The van der Waals surface area contributed by atoms with Crippen LogP contribution in [0.3, 0.4) is 0 Å². The Balaban J connectivity index is 2.96. The lowest BCUT2D eigenvalue weighted by molar-refractivity contribution is 0.260. The molecule has 0 aliphatic rings. The molecule has 0 saturated carbocycles. The molecule has 1 rings (SSSR count). The van der Waals surface area contributed by atoms with E-state index in [0.29, 0.717) is 19.6 Å². The Bertz CT molecular complexity index is 341. The minimum absolute atomic E-state index is 0.0373. The summed E-state index contributed by atoms with van der Waals surface area (Å²) in [4.78, 5) is 0. The summed E-state index contributed by atoms with van der Waals surface area (Å²) in [5, 5.41) is 8.99. The third-order valence-electron chi connectivity index (χ3n) is 2.37. The summed E-state index contributed by atoms with van der Waals surface area (Å²) in [6.45, 7) is 4.99. The maximum Gasteiger partial charge on any atom is 0.164 e. The molecule has 0 aliphatic heterocycles. The van der Waals surface area contributed by atoms with Crippen LogP contribution in [0.15, 0.2) is 18.2 Å². The summed E-state index contributed by atoms with van der Waals surface area (Å²) >= 11 is 0. The molecule has 0 radical (unpaired) electrons. The van der Waals surface area contributed by atoms with Gasteiger partial charge in [-0.2, -0.15) is 0 Å². The molecule has 17 heavy (non-hydrogen) atoms. The van der Waals surface area contributed by atoms with Crippen molar-refractivity contribution in [3.8, 4) is 11.5 Å². The van der Waals surface area contributed by atoms with Crippen LogP contribution in [0, 0.1) is 0 Å². The third-order valence-corrected chi connectivity index (χ3v) is 2.37. The van der Waals surface area contributed by atoms with Gasteiger partial charge in [-0.25, -0.2) is 0 Å². The Morgan fingerprint density at radius 1 is 1.24 bits per heavy atom. The number of para-hydroxylation sites is 1. The normalized spacial score (nSPS) is 12.2. The minimum atomic E-state index is -0.272. The zero-order valence-corrected chi connectivity index (χ0v) is 10.5. The SMILES string of the molecule is CCOc1cccc(CC(N)CO)c1OCC. The van der Waals surface area contributed by atoms with Gasteiger partial charge in [-0.05, 0) is 31.9 Å². The van der Waals surface area contributed by atoms with E-state index in [1.807, 2.05) is 32.0 Å². The number of hydrogen-bond donors (Lipinski definition) is 2. The van der Waals surface area contributed by atoms with Crippen LogP contribution < -0.4 is 15.2 Å². The molecule has 0 amide bonds. The second-order valence-electron chi connectivity index (χ2n) is 3.76. The van der Waals surface area contributed by atoms with Crippen LogP contribution in [0.4, 0.5) is 0 Å². The van der Waals surface area contributed by atoms with Crippen LogP contribution in [0.2, 0.25) is 0 Å². The predicted octanol–water partition coefficient (Wildman–Crippen LogP) is 1.35. The molecule has 0 aliphatic carbocycles. The predicted molar refractivity (Wildman–Crippen MR) is 67.5 cm³/mol. The number of nitrogens with two attached hydrogens (primary N) is 1. The highest BCUT2D eigenvalue weighted by atomic mass is 16.5. The summed E-state index contributed by atoms with van der Waals surface area (Å²) in [7, 11) is 0. The fraction of sp³-hybridized carbons (Fsp3) is 0.538. The molecular formula is C13H21NO3. The van der Waals surface area contributed by atoms with Crippen molar-refractivity contribution in [2.45, 2.75) is 26.3 Å². The van der Waals surface area contributed by atoms with Gasteiger partial charge in [0.15, 0.2) is 11.5 Å². The summed E-state index contributed by atoms with van der Waals surface area (Å²) in [6, 6.07) is 5.46. The van der Waals surface area contributed by atoms with Crippen LogP contribution in [0.5, 0.6) is 11.5 Å². The highest BCUT2D eigenvalue weighted by molar-refractivity contribution is 5.47. The summed E-state index contributed by atoms with van der Waals surface area (Å²) in [5.41, 5.74) is 6.72. The second-order valence-corrected chi connectivity index (χ2v) is 3.76. The maximum absolute atomic E-state index is 8.99. The van der Waals surface area contributed by atoms with E-state index in [9.17, 15) is 0 Å². The monoisotopic (exact) mass is 239 g/mol. The first-order chi connectivity index (χ1) is 8.22. The molecule has 0 saturated heterocycles. The van der Waals surface area contributed by atoms with Gasteiger partial charge in [0.2, 0.25) is 0 Å².